The number of hydrogen-bond donors (Lipinski definition) is 0. The molecule has 0 N–H and O–H groups in total. The van der Waals surface area contributed by atoms with Crippen LogP contribution in [0.4, 0.5) is 5.69 Å². The van der Waals surface area contributed by atoms with Gasteiger partial charge >= 0.3 is 0 Å². The summed E-state index contributed by atoms with van der Waals surface area (Å²) in [5.41, 5.74) is 3.30. The Kier molecular flexibility index (Phi) is 8.71. The van der Waals surface area contributed by atoms with Crippen LogP contribution in [0.3, 0.4) is 0 Å². The molecule has 0 aliphatic carbocycles. The number of aryl methyl sites for hydroxylation is 1. The van der Waals surface area contributed by atoms with Gasteiger partial charge in [-0.25, -0.2) is 0 Å². The number of halogens is 1. The molecule has 0 radical (unpaired) electrons. The summed E-state index contributed by atoms with van der Waals surface area (Å²) in [5, 5.41) is 0.694. The highest BCUT2D eigenvalue weighted by Gasteiger charge is 2.39. The monoisotopic (exact) mass is 536 g/mol. The third kappa shape index (κ3) is 6.41. The molecule has 6 nitrogen and oxygen atoms in total. The number of carbonyl (C=O) groups is 2. The second-order valence-electron chi connectivity index (χ2n) is 11.5. The molecule has 3 aliphatic rings. The number of hydrogen-bond acceptors (Lipinski definition) is 4. The standard InChI is InChI=1S/C31H41ClN4O2/c1-23-9-10-29(17-30(23)32)36(31(38)26-11-15-35(16-12-26)24(2)37)14-6-13-33-19-27-21-34(22-28(27)20-33)18-25-7-4-3-5-8-25/h3-5,7-10,17,26-28H,6,11-16,18-22H2,1-2H3. The lowest BCUT2D eigenvalue weighted by Crippen LogP contribution is -2.44. The zero-order valence-corrected chi connectivity index (χ0v) is 23.6. The first kappa shape index (κ1) is 27.2. The topological polar surface area (TPSA) is 47.1 Å². The van der Waals surface area contributed by atoms with Crippen LogP contribution in [-0.2, 0) is 16.1 Å². The average molecular weight is 537 g/mol. The van der Waals surface area contributed by atoms with Gasteiger partial charge in [0.15, 0.2) is 0 Å². The molecule has 5 rings (SSSR count). The second kappa shape index (κ2) is 12.2. The Morgan fingerprint density at radius 2 is 1.61 bits per heavy atom. The molecule has 0 spiro atoms. The largest absolute Gasteiger partial charge is 0.343 e. The van der Waals surface area contributed by atoms with Gasteiger partial charge in [-0.1, -0.05) is 48.0 Å². The van der Waals surface area contributed by atoms with Crippen molar-refractivity contribution >= 4 is 29.1 Å². The Labute approximate surface area is 232 Å². The molecule has 0 aromatic heterocycles. The first-order chi connectivity index (χ1) is 18.4. The SMILES string of the molecule is CC(=O)N1CCC(C(=O)N(CCCN2CC3CN(Cc4ccccc4)CC3C2)c2ccc(C)c(Cl)c2)CC1. The third-order valence-electron chi connectivity index (χ3n) is 8.77. The van der Waals surface area contributed by atoms with Crippen LogP contribution in [0.15, 0.2) is 48.5 Å². The minimum Gasteiger partial charge on any atom is -0.343 e. The van der Waals surface area contributed by atoms with Crippen LogP contribution in [0.2, 0.25) is 5.02 Å². The van der Waals surface area contributed by atoms with Crippen LogP contribution in [0.1, 0.15) is 37.3 Å². The van der Waals surface area contributed by atoms with Gasteiger partial charge in [-0.2, -0.15) is 0 Å². The number of nitrogens with zero attached hydrogens (tertiary/aromatic N) is 4. The Hall–Kier alpha value is -2.41. The summed E-state index contributed by atoms with van der Waals surface area (Å²) in [6.45, 7) is 12.3. The number of anilines is 1. The lowest BCUT2D eigenvalue weighted by molar-refractivity contribution is -0.133. The minimum atomic E-state index is -0.0487. The fraction of sp³-hybridized carbons (Fsp3) is 0.548. The molecule has 2 unspecified atom stereocenters. The number of rotatable bonds is 8. The second-order valence-corrected chi connectivity index (χ2v) is 11.9. The number of benzene rings is 2. The van der Waals surface area contributed by atoms with Gasteiger partial charge < -0.3 is 14.7 Å². The van der Waals surface area contributed by atoms with E-state index in [-0.39, 0.29) is 17.7 Å². The molecule has 204 valence electrons. The molecule has 0 bridgehead atoms. The first-order valence-corrected chi connectivity index (χ1v) is 14.6. The van der Waals surface area contributed by atoms with Crippen molar-refractivity contribution in [2.45, 2.75) is 39.7 Å². The van der Waals surface area contributed by atoms with Crippen LogP contribution >= 0.6 is 11.6 Å². The number of fused-ring (bicyclic) bond motifs is 1. The van der Waals surface area contributed by atoms with Crippen LogP contribution in [0, 0.1) is 24.7 Å². The Morgan fingerprint density at radius 3 is 2.24 bits per heavy atom. The molecule has 2 aromatic carbocycles. The maximum absolute atomic E-state index is 13.7. The molecule has 3 saturated heterocycles. The van der Waals surface area contributed by atoms with Crippen molar-refractivity contribution in [3.05, 3.63) is 64.7 Å². The van der Waals surface area contributed by atoms with E-state index in [9.17, 15) is 9.59 Å². The van der Waals surface area contributed by atoms with E-state index in [2.05, 4.69) is 40.1 Å². The highest BCUT2D eigenvalue weighted by molar-refractivity contribution is 6.31. The van der Waals surface area contributed by atoms with Crippen LogP contribution in [0.25, 0.3) is 0 Å². The Balaban J connectivity index is 1.15. The Morgan fingerprint density at radius 1 is 0.947 bits per heavy atom. The van der Waals surface area contributed by atoms with E-state index in [4.69, 9.17) is 11.6 Å². The summed E-state index contributed by atoms with van der Waals surface area (Å²) >= 11 is 6.46. The van der Waals surface area contributed by atoms with Gasteiger partial charge in [0.2, 0.25) is 11.8 Å². The molecule has 2 amide bonds. The minimum absolute atomic E-state index is 0.0487. The van der Waals surface area contributed by atoms with Gasteiger partial charge in [0.1, 0.15) is 0 Å². The highest BCUT2D eigenvalue weighted by atomic mass is 35.5. The number of piperidine rings is 1. The maximum Gasteiger partial charge on any atom is 0.230 e. The summed E-state index contributed by atoms with van der Waals surface area (Å²) in [7, 11) is 0. The lowest BCUT2D eigenvalue weighted by Gasteiger charge is -2.34. The van der Waals surface area contributed by atoms with Crippen LogP contribution < -0.4 is 4.90 Å². The summed E-state index contributed by atoms with van der Waals surface area (Å²) in [5.74, 6) is 1.71. The summed E-state index contributed by atoms with van der Waals surface area (Å²) in [6.07, 6.45) is 2.39. The first-order valence-electron chi connectivity index (χ1n) is 14.2. The van der Waals surface area contributed by atoms with Gasteiger partial charge in [0.25, 0.3) is 0 Å². The molecule has 3 heterocycles. The molecule has 0 saturated carbocycles. The zero-order valence-electron chi connectivity index (χ0n) is 22.8. The van der Waals surface area contributed by atoms with Crippen molar-refractivity contribution in [3.63, 3.8) is 0 Å². The van der Waals surface area contributed by atoms with E-state index in [1.807, 2.05) is 34.9 Å². The lowest BCUT2D eigenvalue weighted by atomic mass is 9.94. The van der Waals surface area contributed by atoms with Gasteiger partial charge in [0, 0.05) is 75.9 Å². The molecule has 2 aromatic rings. The molecule has 3 aliphatic heterocycles. The van der Waals surface area contributed by atoms with Crippen molar-refractivity contribution in [1.82, 2.24) is 14.7 Å². The summed E-state index contributed by atoms with van der Waals surface area (Å²) < 4.78 is 0. The zero-order chi connectivity index (χ0) is 26.6. The molecule has 2 atom stereocenters. The van der Waals surface area contributed by atoms with Crippen molar-refractivity contribution in [3.8, 4) is 0 Å². The van der Waals surface area contributed by atoms with Gasteiger partial charge in [0.05, 0.1) is 0 Å². The number of likely N-dealkylation sites (tertiary alicyclic amines) is 3. The molecular formula is C31H41ClN4O2. The van der Waals surface area contributed by atoms with Gasteiger partial charge in [-0.15, -0.1) is 0 Å². The van der Waals surface area contributed by atoms with Gasteiger partial charge in [-0.3, -0.25) is 14.5 Å². The molecule has 3 fully saturated rings. The van der Waals surface area contributed by atoms with Gasteiger partial charge in [-0.05, 0) is 67.8 Å². The third-order valence-corrected chi connectivity index (χ3v) is 9.17. The van der Waals surface area contributed by atoms with E-state index in [1.54, 1.807) is 6.92 Å². The number of amides is 2. The van der Waals surface area contributed by atoms with E-state index in [0.717, 1.165) is 68.5 Å². The normalized spacial score (nSPS) is 22.6. The predicted octanol–water partition coefficient (Wildman–Crippen LogP) is 4.69. The van der Waals surface area contributed by atoms with E-state index in [1.165, 1.54) is 18.7 Å². The maximum atomic E-state index is 13.7. The smallest absolute Gasteiger partial charge is 0.230 e. The van der Waals surface area contributed by atoms with E-state index < -0.39 is 0 Å². The molecular weight excluding hydrogens is 496 g/mol. The van der Waals surface area contributed by atoms with Crippen molar-refractivity contribution < 1.29 is 9.59 Å². The predicted molar refractivity (Wildman–Crippen MR) is 153 cm³/mol. The molecule has 7 heteroatoms. The Bertz CT molecular complexity index is 1100. The van der Waals surface area contributed by atoms with E-state index >= 15 is 0 Å². The molecule has 38 heavy (non-hydrogen) atoms. The quantitative estimate of drug-likeness (QED) is 0.491. The van der Waals surface area contributed by atoms with Crippen molar-refractivity contribution in [1.29, 1.82) is 0 Å². The highest BCUT2D eigenvalue weighted by Crippen LogP contribution is 2.32. The van der Waals surface area contributed by atoms with E-state index in [0.29, 0.717) is 24.7 Å². The fourth-order valence-electron chi connectivity index (χ4n) is 6.57. The summed E-state index contributed by atoms with van der Waals surface area (Å²) in [4.78, 5) is 34.5. The van der Waals surface area contributed by atoms with Crippen molar-refractivity contribution in [2.75, 3.05) is 57.3 Å². The van der Waals surface area contributed by atoms with Crippen molar-refractivity contribution in [2.24, 2.45) is 17.8 Å². The van der Waals surface area contributed by atoms with Crippen LogP contribution in [-0.4, -0.2) is 78.9 Å². The number of carbonyl (C=O) groups excluding carboxylic acids is 2. The summed E-state index contributed by atoms with van der Waals surface area (Å²) in [6, 6.07) is 16.7. The average Bonchev–Trinajstić information content (AvgIpc) is 3.47. The fourth-order valence-corrected chi connectivity index (χ4v) is 6.75. The van der Waals surface area contributed by atoms with Crippen LogP contribution in [0.5, 0.6) is 0 Å².